The molecule has 0 spiro atoms. The van der Waals surface area contributed by atoms with E-state index in [1.165, 1.54) is 12.8 Å². The van der Waals surface area contributed by atoms with Gasteiger partial charge in [0.15, 0.2) is 0 Å². The Bertz CT molecular complexity index is 509. The highest BCUT2D eigenvalue weighted by atomic mass is 16.2. The second kappa shape index (κ2) is 8.70. The fourth-order valence-corrected chi connectivity index (χ4v) is 3.37. The summed E-state index contributed by atoms with van der Waals surface area (Å²) in [6.45, 7) is 5.49. The third kappa shape index (κ3) is 5.08. The average Bonchev–Trinajstić information content (AvgIpc) is 3.07. The Labute approximate surface area is 139 Å². The van der Waals surface area contributed by atoms with E-state index >= 15 is 0 Å². The van der Waals surface area contributed by atoms with Crippen molar-refractivity contribution >= 4 is 11.8 Å². The maximum absolute atomic E-state index is 12.5. The minimum atomic E-state index is 0.0933. The number of hydrogen-bond acceptors (Lipinski definition) is 2. The van der Waals surface area contributed by atoms with Crippen LogP contribution in [0.1, 0.15) is 51.5 Å². The standard InChI is InChI=1S/C19H28N2O2/c1-3-20(15-17-9-5-4-6-10-17)19(23)13-14-21(16(2)22)18-11-7-8-12-18/h4-6,9-10,18H,3,7-8,11-15H2,1-2H3. The smallest absolute Gasteiger partial charge is 0.224 e. The van der Waals surface area contributed by atoms with Crippen LogP contribution in [0.2, 0.25) is 0 Å². The fourth-order valence-electron chi connectivity index (χ4n) is 3.37. The molecule has 4 heteroatoms. The van der Waals surface area contributed by atoms with Crippen LogP contribution in [0.25, 0.3) is 0 Å². The highest BCUT2D eigenvalue weighted by molar-refractivity contribution is 5.78. The van der Waals surface area contributed by atoms with E-state index in [4.69, 9.17) is 0 Å². The van der Waals surface area contributed by atoms with Gasteiger partial charge in [-0.25, -0.2) is 0 Å². The monoisotopic (exact) mass is 316 g/mol. The third-order valence-corrected chi connectivity index (χ3v) is 4.69. The van der Waals surface area contributed by atoms with Crippen LogP contribution in [0.5, 0.6) is 0 Å². The normalized spacial score (nSPS) is 14.7. The molecule has 0 bridgehead atoms. The van der Waals surface area contributed by atoms with Gasteiger partial charge in [-0.2, -0.15) is 0 Å². The van der Waals surface area contributed by atoms with Crippen LogP contribution in [0.15, 0.2) is 30.3 Å². The largest absolute Gasteiger partial charge is 0.339 e. The molecular formula is C19H28N2O2. The van der Waals surface area contributed by atoms with Crippen molar-refractivity contribution < 1.29 is 9.59 Å². The lowest BCUT2D eigenvalue weighted by atomic mass is 10.2. The Morgan fingerprint density at radius 2 is 1.78 bits per heavy atom. The second-order valence-electron chi connectivity index (χ2n) is 6.29. The molecule has 0 radical (unpaired) electrons. The van der Waals surface area contributed by atoms with E-state index in [1.54, 1.807) is 6.92 Å². The van der Waals surface area contributed by atoms with Crippen LogP contribution in [0.3, 0.4) is 0 Å². The van der Waals surface area contributed by atoms with E-state index in [2.05, 4.69) is 0 Å². The summed E-state index contributed by atoms with van der Waals surface area (Å²) in [6, 6.07) is 10.4. The fraction of sp³-hybridized carbons (Fsp3) is 0.579. The predicted molar refractivity (Wildman–Crippen MR) is 91.8 cm³/mol. The molecule has 0 aliphatic heterocycles. The summed E-state index contributed by atoms with van der Waals surface area (Å²) in [5.41, 5.74) is 1.14. The number of carbonyl (C=O) groups excluding carboxylic acids is 2. The number of amides is 2. The molecule has 0 unspecified atom stereocenters. The number of carbonyl (C=O) groups is 2. The maximum atomic E-state index is 12.5. The Morgan fingerprint density at radius 1 is 1.13 bits per heavy atom. The lowest BCUT2D eigenvalue weighted by molar-refractivity contribution is -0.134. The van der Waals surface area contributed by atoms with Crippen LogP contribution in [-0.4, -0.2) is 40.7 Å². The quantitative estimate of drug-likeness (QED) is 0.775. The van der Waals surface area contributed by atoms with Gasteiger partial charge in [0.1, 0.15) is 0 Å². The van der Waals surface area contributed by atoms with Gasteiger partial charge in [0.05, 0.1) is 0 Å². The highest BCUT2D eigenvalue weighted by Gasteiger charge is 2.25. The Hall–Kier alpha value is -1.84. The molecule has 1 aromatic rings. The molecule has 2 amide bonds. The van der Waals surface area contributed by atoms with Gasteiger partial charge in [-0.05, 0) is 25.3 Å². The summed E-state index contributed by atoms with van der Waals surface area (Å²) in [5, 5.41) is 0. The minimum absolute atomic E-state index is 0.0933. The van der Waals surface area contributed by atoms with Crippen LogP contribution < -0.4 is 0 Å². The Morgan fingerprint density at radius 3 is 2.35 bits per heavy atom. The van der Waals surface area contributed by atoms with Crippen molar-refractivity contribution in [1.29, 1.82) is 0 Å². The summed E-state index contributed by atoms with van der Waals surface area (Å²) in [7, 11) is 0. The van der Waals surface area contributed by atoms with E-state index in [-0.39, 0.29) is 11.8 Å². The van der Waals surface area contributed by atoms with Crippen molar-refractivity contribution in [2.45, 2.75) is 58.5 Å². The molecule has 23 heavy (non-hydrogen) atoms. The molecule has 126 valence electrons. The van der Waals surface area contributed by atoms with Crippen molar-refractivity contribution in [3.8, 4) is 0 Å². The minimum Gasteiger partial charge on any atom is -0.339 e. The first-order valence-electron chi connectivity index (χ1n) is 8.70. The molecule has 2 rings (SSSR count). The van der Waals surface area contributed by atoms with Crippen molar-refractivity contribution in [1.82, 2.24) is 9.80 Å². The lowest BCUT2D eigenvalue weighted by Crippen LogP contribution is -2.40. The molecule has 0 aromatic heterocycles. The van der Waals surface area contributed by atoms with Gasteiger partial charge in [0, 0.05) is 39.0 Å². The number of nitrogens with zero attached hydrogens (tertiary/aromatic N) is 2. The number of rotatable bonds is 7. The molecule has 1 aromatic carbocycles. The van der Waals surface area contributed by atoms with Gasteiger partial charge < -0.3 is 9.80 Å². The van der Waals surface area contributed by atoms with Gasteiger partial charge >= 0.3 is 0 Å². The van der Waals surface area contributed by atoms with Crippen LogP contribution in [0, 0.1) is 0 Å². The van der Waals surface area contributed by atoms with Crippen LogP contribution in [0.4, 0.5) is 0 Å². The predicted octanol–water partition coefficient (Wildman–Crippen LogP) is 3.22. The summed E-state index contributed by atoms with van der Waals surface area (Å²) in [6.07, 6.45) is 4.95. The first-order valence-corrected chi connectivity index (χ1v) is 8.70. The summed E-state index contributed by atoms with van der Waals surface area (Å²) in [4.78, 5) is 28.2. The zero-order chi connectivity index (χ0) is 16.7. The average molecular weight is 316 g/mol. The van der Waals surface area contributed by atoms with Gasteiger partial charge in [0.2, 0.25) is 11.8 Å². The topological polar surface area (TPSA) is 40.6 Å². The molecule has 1 saturated carbocycles. The lowest BCUT2D eigenvalue weighted by Gasteiger charge is -2.29. The van der Waals surface area contributed by atoms with Crippen LogP contribution >= 0.6 is 0 Å². The zero-order valence-electron chi connectivity index (χ0n) is 14.3. The molecule has 1 aliphatic rings. The molecule has 0 saturated heterocycles. The SMILES string of the molecule is CCN(Cc1ccccc1)C(=O)CCN(C(C)=O)C1CCCC1. The summed E-state index contributed by atoms with van der Waals surface area (Å²) < 4.78 is 0. The first kappa shape index (κ1) is 17.5. The first-order chi connectivity index (χ1) is 11.1. The van der Waals surface area contributed by atoms with Crippen molar-refractivity contribution in [2.75, 3.05) is 13.1 Å². The van der Waals surface area contributed by atoms with Gasteiger partial charge in [-0.1, -0.05) is 43.2 Å². The molecule has 0 atom stereocenters. The maximum Gasteiger partial charge on any atom is 0.224 e. The molecule has 0 N–H and O–H groups in total. The number of hydrogen-bond donors (Lipinski definition) is 0. The molecule has 1 aliphatic carbocycles. The summed E-state index contributed by atoms with van der Waals surface area (Å²) >= 11 is 0. The van der Waals surface area contributed by atoms with E-state index in [0.717, 1.165) is 18.4 Å². The van der Waals surface area contributed by atoms with E-state index in [1.807, 2.05) is 47.1 Å². The van der Waals surface area contributed by atoms with Crippen molar-refractivity contribution in [2.24, 2.45) is 0 Å². The number of benzene rings is 1. The second-order valence-corrected chi connectivity index (χ2v) is 6.29. The van der Waals surface area contributed by atoms with E-state index in [9.17, 15) is 9.59 Å². The summed E-state index contributed by atoms with van der Waals surface area (Å²) in [5.74, 6) is 0.219. The van der Waals surface area contributed by atoms with E-state index < -0.39 is 0 Å². The molecular weight excluding hydrogens is 288 g/mol. The van der Waals surface area contributed by atoms with Crippen LogP contribution in [-0.2, 0) is 16.1 Å². The van der Waals surface area contributed by atoms with Crippen molar-refractivity contribution in [3.05, 3.63) is 35.9 Å². The zero-order valence-corrected chi connectivity index (χ0v) is 14.3. The van der Waals surface area contributed by atoms with Gasteiger partial charge in [-0.15, -0.1) is 0 Å². The van der Waals surface area contributed by atoms with E-state index in [0.29, 0.717) is 32.1 Å². The Kier molecular flexibility index (Phi) is 6.63. The molecule has 1 fully saturated rings. The Balaban J connectivity index is 1.89. The third-order valence-electron chi connectivity index (χ3n) is 4.69. The highest BCUT2D eigenvalue weighted by Crippen LogP contribution is 2.23. The molecule has 0 heterocycles. The van der Waals surface area contributed by atoms with Gasteiger partial charge in [0.25, 0.3) is 0 Å². The molecule has 4 nitrogen and oxygen atoms in total. The van der Waals surface area contributed by atoms with Gasteiger partial charge in [-0.3, -0.25) is 9.59 Å². The van der Waals surface area contributed by atoms with Crippen molar-refractivity contribution in [3.63, 3.8) is 0 Å².